The number of amides is 2. The minimum absolute atomic E-state index is 0.436. The summed E-state index contributed by atoms with van der Waals surface area (Å²) in [6, 6.07) is 3.24. The Bertz CT molecular complexity index is 453. The van der Waals surface area contributed by atoms with Crippen LogP contribution in [0.5, 0.6) is 11.5 Å². The van der Waals surface area contributed by atoms with Gasteiger partial charge in [0.05, 0.1) is 14.2 Å². The molecule has 0 aromatic heterocycles. The van der Waals surface area contributed by atoms with Gasteiger partial charge in [0.2, 0.25) is 0 Å². The number of carboxylic acid groups (broad SMARTS) is 1. The van der Waals surface area contributed by atoms with Crippen LogP contribution in [0.25, 0.3) is 0 Å². The number of hydrogen-bond acceptors (Lipinski definition) is 4. The van der Waals surface area contributed by atoms with Crippen molar-refractivity contribution >= 4 is 17.7 Å². The maximum atomic E-state index is 11.6. The Kier molecular flexibility index (Phi) is 4.99. The molecule has 1 atom stereocenters. The molecule has 3 N–H and O–H groups in total. The van der Waals surface area contributed by atoms with E-state index in [-0.39, 0.29) is 0 Å². The number of methoxy groups -OCH3 is 2. The van der Waals surface area contributed by atoms with Crippen LogP contribution in [0.2, 0.25) is 0 Å². The van der Waals surface area contributed by atoms with E-state index in [1.165, 1.54) is 21.1 Å². The SMILES string of the molecule is COc1cc(NC(=O)NC(C)C(=O)O)cc(OC)c1. The summed E-state index contributed by atoms with van der Waals surface area (Å²) in [5, 5.41) is 13.5. The fraction of sp³-hybridized carbons (Fsp3) is 0.333. The van der Waals surface area contributed by atoms with E-state index < -0.39 is 18.0 Å². The van der Waals surface area contributed by atoms with E-state index in [1.807, 2.05) is 0 Å². The maximum absolute atomic E-state index is 11.6. The average molecular weight is 268 g/mol. The molecular formula is C12H16N2O5. The summed E-state index contributed by atoms with van der Waals surface area (Å²) in [4.78, 5) is 22.2. The van der Waals surface area contributed by atoms with E-state index in [9.17, 15) is 9.59 Å². The Labute approximate surface area is 110 Å². The maximum Gasteiger partial charge on any atom is 0.325 e. The molecule has 1 rings (SSSR count). The molecule has 1 aromatic rings. The van der Waals surface area contributed by atoms with Crippen molar-refractivity contribution in [1.82, 2.24) is 5.32 Å². The highest BCUT2D eigenvalue weighted by molar-refractivity contribution is 5.92. The van der Waals surface area contributed by atoms with Crippen molar-refractivity contribution in [1.29, 1.82) is 0 Å². The molecular weight excluding hydrogens is 252 g/mol. The topological polar surface area (TPSA) is 96.9 Å². The lowest BCUT2D eigenvalue weighted by molar-refractivity contribution is -0.138. The van der Waals surface area contributed by atoms with E-state index in [1.54, 1.807) is 18.2 Å². The molecule has 0 heterocycles. The number of aliphatic carboxylic acids is 1. The largest absolute Gasteiger partial charge is 0.497 e. The number of hydrogen-bond donors (Lipinski definition) is 3. The van der Waals surface area contributed by atoms with Gasteiger partial charge in [-0.1, -0.05) is 0 Å². The van der Waals surface area contributed by atoms with Gasteiger partial charge in [0.25, 0.3) is 0 Å². The highest BCUT2D eigenvalue weighted by Crippen LogP contribution is 2.25. The van der Waals surface area contributed by atoms with Crippen LogP contribution in [0.1, 0.15) is 6.92 Å². The molecule has 19 heavy (non-hydrogen) atoms. The van der Waals surface area contributed by atoms with Gasteiger partial charge in [0, 0.05) is 23.9 Å². The molecule has 0 fully saturated rings. The van der Waals surface area contributed by atoms with Crippen LogP contribution < -0.4 is 20.1 Å². The molecule has 0 aliphatic heterocycles. The number of rotatable bonds is 5. The minimum Gasteiger partial charge on any atom is -0.497 e. The number of carboxylic acids is 1. The number of carbonyl (C=O) groups is 2. The Balaban J connectivity index is 2.75. The summed E-state index contributed by atoms with van der Waals surface area (Å²) in [6.07, 6.45) is 0. The third kappa shape index (κ3) is 4.38. The standard InChI is InChI=1S/C12H16N2O5/c1-7(11(15)16)13-12(17)14-8-4-9(18-2)6-10(5-8)19-3/h4-7H,1-3H3,(H,15,16)(H2,13,14,17). The molecule has 0 saturated carbocycles. The molecule has 0 spiro atoms. The summed E-state index contributed by atoms with van der Waals surface area (Å²) in [6.45, 7) is 1.37. The van der Waals surface area contributed by atoms with Crippen molar-refractivity contribution < 1.29 is 24.2 Å². The van der Waals surface area contributed by atoms with Gasteiger partial charge in [-0.05, 0) is 6.92 Å². The molecule has 7 nitrogen and oxygen atoms in total. The van der Waals surface area contributed by atoms with Crippen LogP contribution in [0.3, 0.4) is 0 Å². The van der Waals surface area contributed by atoms with Gasteiger partial charge in [-0.15, -0.1) is 0 Å². The molecule has 0 aliphatic carbocycles. The molecule has 0 radical (unpaired) electrons. The lowest BCUT2D eigenvalue weighted by Crippen LogP contribution is -2.40. The van der Waals surface area contributed by atoms with Gasteiger partial charge in [0.15, 0.2) is 0 Å². The number of ether oxygens (including phenoxy) is 2. The fourth-order valence-electron chi connectivity index (χ4n) is 1.31. The minimum atomic E-state index is -1.11. The monoisotopic (exact) mass is 268 g/mol. The predicted octanol–water partition coefficient (Wildman–Crippen LogP) is 1.30. The molecule has 1 aromatic carbocycles. The number of nitrogens with one attached hydrogen (secondary N) is 2. The lowest BCUT2D eigenvalue weighted by atomic mass is 10.2. The smallest absolute Gasteiger partial charge is 0.325 e. The zero-order valence-corrected chi connectivity index (χ0v) is 10.9. The van der Waals surface area contributed by atoms with Crippen molar-refractivity contribution in [2.45, 2.75) is 13.0 Å². The highest BCUT2D eigenvalue weighted by Gasteiger charge is 2.14. The van der Waals surface area contributed by atoms with Crippen LogP contribution in [0, 0.1) is 0 Å². The first-order valence-electron chi connectivity index (χ1n) is 5.49. The zero-order valence-electron chi connectivity index (χ0n) is 10.9. The second-order valence-electron chi connectivity index (χ2n) is 3.76. The molecule has 1 unspecified atom stereocenters. The van der Waals surface area contributed by atoms with Gasteiger partial charge >= 0.3 is 12.0 Å². The lowest BCUT2D eigenvalue weighted by Gasteiger charge is -2.12. The Morgan fingerprint density at radius 3 is 2.11 bits per heavy atom. The Hall–Kier alpha value is -2.44. The normalized spacial score (nSPS) is 11.3. The van der Waals surface area contributed by atoms with Crippen LogP contribution >= 0.6 is 0 Å². The predicted molar refractivity (Wildman–Crippen MR) is 68.8 cm³/mol. The molecule has 0 bridgehead atoms. The summed E-state index contributed by atoms with van der Waals surface area (Å²) in [5.74, 6) is -0.0831. The Morgan fingerprint density at radius 2 is 1.68 bits per heavy atom. The van der Waals surface area contributed by atoms with Crippen molar-refractivity contribution in [3.8, 4) is 11.5 Å². The van der Waals surface area contributed by atoms with Crippen molar-refractivity contribution in [3.63, 3.8) is 0 Å². The summed E-state index contributed by atoms with van der Waals surface area (Å²) >= 11 is 0. The number of carbonyl (C=O) groups excluding carboxylic acids is 1. The van der Waals surface area contributed by atoms with E-state index in [4.69, 9.17) is 14.6 Å². The van der Waals surface area contributed by atoms with E-state index in [0.29, 0.717) is 17.2 Å². The van der Waals surface area contributed by atoms with Gasteiger partial charge in [0.1, 0.15) is 17.5 Å². The number of benzene rings is 1. The third-order valence-corrected chi connectivity index (χ3v) is 2.33. The summed E-state index contributed by atoms with van der Waals surface area (Å²) in [7, 11) is 2.98. The molecule has 0 saturated heterocycles. The fourth-order valence-corrected chi connectivity index (χ4v) is 1.31. The van der Waals surface area contributed by atoms with Crippen LogP contribution in [0.4, 0.5) is 10.5 Å². The number of anilines is 1. The van der Waals surface area contributed by atoms with Crippen molar-refractivity contribution in [3.05, 3.63) is 18.2 Å². The van der Waals surface area contributed by atoms with Gasteiger partial charge < -0.3 is 25.2 Å². The second-order valence-corrected chi connectivity index (χ2v) is 3.76. The van der Waals surface area contributed by atoms with Crippen LogP contribution in [0.15, 0.2) is 18.2 Å². The Morgan fingerprint density at radius 1 is 1.16 bits per heavy atom. The molecule has 7 heteroatoms. The van der Waals surface area contributed by atoms with Gasteiger partial charge in [-0.25, -0.2) is 4.79 Å². The van der Waals surface area contributed by atoms with E-state index in [2.05, 4.69) is 10.6 Å². The first kappa shape index (κ1) is 14.6. The molecule has 2 amide bonds. The van der Waals surface area contributed by atoms with Crippen LogP contribution in [-0.2, 0) is 4.79 Å². The van der Waals surface area contributed by atoms with E-state index >= 15 is 0 Å². The van der Waals surface area contributed by atoms with Crippen molar-refractivity contribution in [2.75, 3.05) is 19.5 Å². The molecule has 104 valence electrons. The first-order valence-corrected chi connectivity index (χ1v) is 5.49. The second kappa shape index (κ2) is 6.48. The molecule has 0 aliphatic rings. The summed E-state index contributed by atoms with van der Waals surface area (Å²) < 4.78 is 10.1. The van der Waals surface area contributed by atoms with Crippen LogP contribution in [-0.4, -0.2) is 37.4 Å². The number of urea groups is 1. The first-order chi connectivity index (χ1) is 8.96. The van der Waals surface area contributed by atoms with Crippen molar-refractivity contribution in [2.24, 2.45) is 0 Å². The van der Waals surface area contributed by atoms with Gasteiger partial charge in [-0.3, -0.25) is 4.79 Å². The highest BCUT2D eigenvalue weighted by atomic mass is 16.5. The average Bonchev–Trinajstić information content (AvgIpc) is 2.37. The summed E-state index contributed by atoms with van der Waals surface area (Å²) in [5.41, 5.74) is 0.436. The third-order valence-electron chi connectivity index (χ3n) is 2.33. The van der Waals surface area contributed by atoms with E-state index in [0.717, 1.165) is 0 Å². The zero-order chi connectivity index (χ0) is 14.4. The quantitative estimate of drug-likeness (QED) is 0.747. The van der Waals surface area contributed by atoms with Gasteiger partial charge in [-0.2, -0.15) is 0 Å².